The van der Waals surface area contributed by atoms with Gasteiger partial charge >= 0.3 is 0 Å². The number of aliphatic hydroxyl groups is 2. The zero-order chi connectivity index (χ0) is 17.5. The fraction of sp³-hybridized carbons (Fsp3) is 0.533. The van der Waals surface area contributed by atoms with Crippen LogP contribution in [0.25, 0.3) is 5.65 Å². The maximum absolute atomic E-state index is 10.5. The molecule has 0 bridgehead atoms. The predicted octanol–water partition coefficient (Wildman–Crippen LogP) is -0.424. The molecule has 9 heteroatoms. The molecule has 2 aromatic rings. The average Bonchev–Trinajstić information content (AvgIpc) is 3.09. The van der Waals surface area contributed by atoms with Crippen molar-refractivity contribution in [1.29, 1.82) is 5.26 Å². The lowest BCUT2D eigenvalue weighted by Crippen LogP contribution is -2.41. The lowest BCUT2D eigenvalue weighted by atomic mass is 9.93. The van der Waals surface area contributed by atoms with Gasteiger partial charge in [-0.3, -0.25) is 0 Å². The molecule has 1 fully saturated rings. The molecule has 4 N–H and O–H groups in total. The van der Waals surface area contributed by atoms with Gasteiger partial charge in [0.25, 0.3) is 0 Å². The second-order valence-corrected chi connectivity index (χ2v) is 5.99. The Hall–Kier alpha value is -2.25. The van der Waals surface area contributed by atoms with Crippen LogP contribution in [0.15, 0.2) is 18.5 Å². The van der Waals surface area contributed by atoms with E-state index in [1.807, 2.05) is 19.9 Å². The summed E-state index contributed by atoms with van der Waals surface area (Å²) >= 11 is 0. The Morgan fingerprint density at radius 2 is 2.29 bits per heavy atom. The molecule has 128 valence electrons. The molecule has 0 aromatic carbocycles. The highest BCUT2D eigenvalue weighted by atomic mass is 16.6. The zero-order valence-corrected chi connectivity index (χ0v) is 13.3. The summed E-state index contributed by atoms with van der Waals surface area (Å²) in [6, 6.07) is 3.53. The van der Waals surface area contributed by atoms with E-state index in [4.69, 9.17) is 15.2 Å². The SMILES string of the molecule is CC(C)OC[C@H]1O[C@@](C#N)(c2cnc3c(N)ccnn23)[C@H](O)[C@@H]1O. The van der Waals surface area contributed by atoms with E-state index in [1.165, 1.54) is 16.9 Å². The Bertz CT molecular complexity index is 786. The molecule has 4 atom stereocenters. The fourth-order valence-electron chi connectivity index (χ4n) is 2.77. The molecule has 3 rings (SSSR count). The summed E-state index contributed by atoms with van der Waals surface area (Å²) in [6.45, 7) is 3.73. The highest BCUT2D eigenvalue weighted by Crippen LogP contribution is 2.40. The minimum absolute atomic E-state index is 0.0472. The summed E-state index contributed by atoms with van der Waals surface area (Å²) in [5.41, 5.74) is 4.94. The molecule has 0 saturated carbocycles. The molecule has 3 heterocycles. The summed E-state index contributed by atoms with van der Waals surface area (Å²) in [6.07, 6.45) is -0.874. The maximum atomic E-state index is 10.5. The highest BCUT2D eigenvalue weighted by Gasteiger charge is 2.57. The van der Waals surface area contributed by atoms with Gasteiger partial charge in [-0.2, -0.15) is 10.4 Å². The van der Waals surface area contributed by atoms with Crippen molar-refractivity contribution in [3.8, 4) is 6.07 Å². The van der Waals surface area contributed by atoms with Crippen LogP contribution in [0, 0.1) is 11.3 Å². The van der Waals surface area contributed by atoms with Gasteiger partial charge in [-0.05, 0) is 19.9 Å². The van der Waals surface area contributed by atoms with E-state index >= 15 is 0 Å². The quantitative estimate of drug-likeness (QED) is 0.685. The molecular weight excluding hydrogens is 314 g/mol. The molecule has 0 spiro atoms. The minimum atomic E-state index is -1.81. The zero-order valence-electron chi connectivity index (χ0n) is 13.3. The molecule has 0 amide bonds. The third-order valence-electron chi connectivity index (χ3n) is 4.03. The van der Waals surface area contributed by atoms with Gasteiger partial charge in [0.1, 0.15) is 30.1 Å². The summed E-state index contributed by atoms with van der Waals surface area (Å²) in [4.78, 5) is 4.13. The van der Waals surface area contributed by atoms with E-state index < -0.39 is 23.9 Å². The van der Waals surface area contributed by atoms with Crippen LogP contribution in [0.4, 0.5) is 5.69 Å². The van der Waals surface area contributed by atoms with Crippen molar-refractivity contribution in [1.82, 2.24) is 14.6 Å². The van der Waals surface area contributed by atoms with Crippen LogP contribution in [0.2, 0.25) is 0 Å². The Labute approximate surface area is 138 Å². The Balaban J connectivity index is 2.03. The van der Waals surface area contributed by atoms with Gasteiger partial charge < -0.3 is 25.4 Å². The van der Waals surface area contributed by atoms with E-state index in [0.717, 1.165) is 0 Å². The number of hydrogen-bond donors (Lipinski definition) is 3. The molecule has 0 radical (unpaired) electrons. The van der Waals surface area contributed by atoms with Crippen LogP contribution < -0.4 is 5.73 Å². The van der Waals surface area contributed by atoms with Crippen LogP contribution >= 0.6 is 0 Å². The first-order chi connectivity index (χ1) is 11.4. The maximum Gasteiger partial charge on any atom is 0.227 e. The van der Waals surface area contributed by atoms with Gasteiger partial charge in [0.05, 0.1) is 30.8 Å². The summed E-state index contributed by atoms with van der Waals surface area (Å²) in [5.74, 6) is 0. The van der Waals surface area contributed by atoms with E-state index in [1.54, 1.807) is 6.07 Å². The number of aliphatic hydroxyl groups excluding tert-OH is 2. The first-order valence-corrected chi connectivity index (χ1v) is 7.56. The van der Waals surface area contributed by atoms with Crippen molar-refractivity contribution in [2.75, 3.05) is 12.3 Å². The van der Waals surface area contributed by atoms with Gasteiger partial charge in [0.2, 0.25) is 5.60 Å². The molecule has 2 aromatic heterocycles. The number of fused-ring (bicyclic) bond motifs is 1. The standard InChI is InChI=1S/C15H19N5O4/c1-8(2)23-6-10-12(21)13(22)15(7-16,24-10)11-5-18-14-9(17)3-4-19-20(11)14/h3-5,8,10,12-13,21-22H,6,17H2,1-2H3/t10-,12-,13-,15+/m1/s1. The molecule has 9 nitrogen and oxygen atoms in total. The topological polar surface area (TPSA) is 139 Å². The van der Waals surface area contributed by atoms with E-state index in [9.17, 15) is 15.5 Å². The first kappa shape index (κ1) is 16.6. The third-order valence-corrected chi connectivity index (χ3v) is 4.03. The van der Waals surface area contributed by atoms with Crippen molar-refractivity contribution in [2.24, 2.45) is 0 Å². The molecule has 1 aliphatic heterocycles. The lowest BCUT2D eigenvalue weighted by Gasteiger charge is -2.23. The highest BCUT2D eigenvalue weighted by molar-refractivity contribution is 5.64. The number of nitrogens with two attached hydrogens (primary N) is 1. The second-order valence-electron chi connectivity index (χ2n) is 5.99. The number of nitrogens with zero attached hydrogens (tertiary/aromatic N) is 4. The van der Waals surface area contributed by atoms with Crippen LogP contribution in [-0.2, 0) is 15.1 Å². The molecular formula is C15H19N5O4. The van der Waals surface area contributed by atoms with Crippen molar-refractivity contribution in [3.05, 3.63) is 24.2 Å². The van der Waals surface area contributed by atoms with Crippen LogP contribution in [0.3, 0.4) is 0 Å². The van der Waals surface area contributed by atoms with Crippen molar-refractivity contribution in [2.45, 2.75) is 43.9 Å². The molecule has 0 aliphatic carbocycles. The second kappa shape index (κ2) is 5.99. The van der Waals surface area contributed by atoms with Gasteiger partial charge in [0.15, 0.2) is 5.65 Å². The molecule has 1 saturated heterocycles. The molecule has 24 heavy (non-hydrogen) atoms. The van der Waals surface area contributed by atoms with Gasteiger partial charge in [-0.25, -0.2) is 9.50 Å². The van der Waals surface area contributed by atoms with Crippen molar-refractivity contribution >= 4 is 11.3 Å². The number of anilines is 1. The van der Waals surface area contributed by atoms with E-state index in [0.29, 0.717) is 11.3 Å². The van der Waals surface area contributed by atoms with Crippen LogP contribution in [-0.4, -0.2) is 55.8 Å². The predicted molar refractivity (Wildman–Crippen MR) is 82.7 cm³/mol. The third kappa shape index (κ3) is 2.40. The van der Waals surface area contributed by atoms with Crippen molar-refractivity contribution < 1.29 is 19.7 Å². The van der Waals surface area contributed by atoms with Gasteiger partial charge in [0, 0.05) is 0 Å². The number of imidazole rings is 1. The Morgan fingerprint density at radius 1 is 1.54 bits per heavy atom. The number of nitrogen functional groups attached to an aromatic ring is 1. The smallest absolute Gasteiger partial charge is 0.227 e. The number of nitriles is 1. The van der Waals surface area contributed by atoms with Crippen LogP contribution in [0.5, 0.6) is 0 Å². The number of ether oxygens (including phenoxy) is 2. The van der Waals surface area contributed by atoms with Gasteiger partial charge in [-0.15, -0.1) is 0 Å². The fourth-order valence-corrected chi connectivity index (χ4v) is 2.77. The largest absolute Gasteiger partial charge is 0.396 e. The molecule has 1 aliphatic rings. The van der Waals surface area contributed by atoms with Crippen molar-refractivity contribution in [3.63, 3.8) is 0 Å². The normalized spacial score (nSPS) is 30.1. The summed E-state index contributed by atoms with van der Waals surface area (Å²) in [5, 5.41) is 34.6. The number of hydrogen-bond acceptors (Lipinski definition) is 8. The minimum Gasteiger partial charge on any atom is -0.396 e. The van der Waals surface area contributed by atoms with E-state index in [2.05, 4.69) is 10.1 Å². The lowest BCUT2D eigenvalue weighted by molar-refractivity contribution is -0.0846. The average molecular weight is 333 g/mol. The van der Waals surface area contributed by atoms with Crippen LogP contribution in [0.1, 0.15) is 19.5 Å². The monoisotopic (exact) mass is 333 g/mol. The summed E-state index contributed by atoms with van der Waals surface area (Å²) < 4.78 is 12.5. The number of aromatic nitrogens is 3. The summed E-state index contributed by atoms with van der Waals surface area (Å²) in [7, 11) is 0. The first-order valence-electron chi connectivity index (χ1n) is 7.56. The number of rotatable bonds is 4. The Morgan fingerprint density at radius 3 is 2.96 bits per heavy atom. The Kier molecular flexibility index (Phi) is 4.15. The van der Waals surface area contributed by atoms with Gasteiger partial charge in [-0.1, -0.05) is 0 Å². The van der Waals surface area contributed by atoms with E-state index in [-0.39, 0.29) is 18.4 Å². The molecule has 0 unspecified atom stereocenters.